The fourth-order valence-electron chi connectivity index (χ4n) is 2.86. The molecule has 152 valence electrons. The number of aryl methyl sites for hydroxylation is 1. The summed E-state index contributed by atoms with van der Waals surface area (Å²) in [7, 11) is 0. The quantitative estimate of drug-likeness (QED) is 0.490. The number of nitrogens with one attached hydrogen (secondary N) is 2. The van der Waals surface area contributed by atoms with Crippen molar-refractivity contribution in [1.82, 2.24) is 5.32 Å². The summed E-state index contributed by atoms with van der Waals surface area (Å²) in [6.45, 7) is 15.3. The fraction of sp³-hybridized carbons (Fsp3) is 0.318. The standard InChI is InChI=1S/C22H25FN4OS/c1-6-11-25-21(28)18-9-8-17(13-19(18)23)27(14(2)3)22(29)26-16-7-10-20(24-5)15(4)12-16/h7-10,12-14H,6,11H2,1-4H3,(H,25,28)(H,26,29). The number of rotatable bonds is 6. The maximum absolute atomic E-state index is 14.6. The predicted octanol–water partition coefficient (Wildman–Crippen LogP) is 5.44. The first-order valence-corrected chi connectivity index (χ1v) is 9.85. The number of halogens is 1. The highest BCUT2D eigenvalue weighted by atomic mass is 32.1. The first-order chi connectivity index (χ1) is 13.8. The summed E-state index contributed by atoms with van der Waals surface area (Å²) in [5.41, 5.74) is 2.74. The molecule has 0 aliphatic carbocycles. The molecule has 2 rings (SSSR count). The molecule has 2 aromatic rings. The Morgan fingerprint density at radius 1 is 1.28 bits per heavy atom. The summed E-state index contributed by atoms with van der Waals surface area (Å²) in [6, 6.07) is 9.80. The summed E-state index contributed by atoms with van der Waals surface area (Å²) in [6.07, 6.45) is 0.781. The van der Waals surface area contributed by atoms with Crippen molar-refractivity contribution < 1.29 is 9.18 Å². The molecule has 0 spiro atoms. The van der Waals surface area contributed by atoms with Gasteiger partial charge in [0.05, 0.1) is 12.1 Å². The minimum atomic E-state index is -0.596. The van der Waals surface area contributed by atoms with Gasteiger partial charge < -0.3 is 15.5 Å². The number of anilines is 2. The van der Waals surface area contributed by atoms with Crippen molar-refractivity contribution in [1.29, 1.82) is 0 Å². The molecule has 2 aromatic carbocycles. The van der Waals surface area contributed by atoms with E-state index in [1.54, 1.807) is 23.1 Å². The number of carbonyl (C=O) groups is 1. The number of benzene rings is 2. The van der Waals surface area contributed by atoms with E-state index in [-0.39, 0.29) is 11.6 Å². The average molecular weight is 413 g/mol. The summed E-state index contributed by atoms with van der Waals surface area (Å²) in [5.74, 6) is -1.02. The molecule has 0 heterocycles. The Balaban J connectivity index is 2.26. The molecule has 29 heavy (non-hydrogen) atoms. The molecule has 2 N–H and O–H groups in total. The van der Waals surface area contributed by atoms with E-state index in [9.17, 15) is 9.18 Å². The highest BCUT2D eigenvalue weighted by Gasteiger charge is 2.19. The molecule has 0 radical (unpaired) electrons. The third-order valence-electron chi connectivity index (χ3n) is 4.31. The van der Waals surface area contributed by atoms with Gasteiger partial charge in [-0.2, -0.15) is 0 Å². The van der Waals surface area contributed by atoms with E-state index in [1.165, 1.54) is 12.1 Å². The molecule has 0 aromatic heterocycles. The molecule has 1 amide bonds. The van der Waals surface area contributed by atoms with Crippen LogP contribution in [0, 0.1) is 19.3 Å². The molecule has 0 unspecified atom stereocenters. The van der Waals surface area contributed by atoms with Gasteiger partial charge in [-0.1, -0.05) is 13.0 Å². The molecular formula is C22H25FN4OS. The molecule has 0 fully saturated rings. The lowest BCUT2D eigenvalue weighted by atomic mass is 10.1. The van der Waals surface area contributed by atoms with Crippen molar-refractivity contribution >= 4 is 40.3 Å². The van der Waals surface area contributed by atoms with E-state index < -0.39 is 11.7 Å². The zero-order valence-electron chi connectivity index (χ0n) is 17.0. The van der Waals surface area contributed by atoms with Crippen LogP contribution < -0.4 is 15.5 Å². The fourth-order valence-corrected chi connectivity index (χ4v) is 3.30. The minimum Gasteiger partial charge on any atom is -0.352 e. The molecule has 0 aliphatic heterocycles. The Hall–Kier alpha value is -2.98. The van der Waals surface area contributed by atoms with Gasteiger partial charge in [0.15, 0.2) is 10.8 Å². The van der Waals surface area contributed by atoms with Gasteiger partial charge in [0.2, 0.25) is 0 Å². The third kappa shape index (κ3) is 5.52. The lowest BCUT2D eigenvalue weighted by Gasteiger charge is -2.30. The van der Waals surface area contributed by atoms with E-state index in [2.05, 4.69) is 15.5 Å². The summed E-state index contributed by atoms with van der Waals surface area (Å²) in [4.78, 5) is 17.3. The van der Waals surface area contributed by atoms with Gasteiger partial charge in [-0.15, -0.1) is 0 Å². The van der Waals surface area contributed by atoms with E-state index in [1.807, 2.05) is 33.8 Å². The number of amides is 1. The van der Waals surface area contributed by atoms with Gasteiger partial charge in [-0.05, 0) is 75.3 Å². The van der Waals surface area contributed by atoms with Gasteiger partial charge in [0.1, 0.15) is 5.82 Å². The number of nitrogens with zero attached hydrogens (tertiary/aromatic N) is 2. The molecule has 7 heteroatoms. The van der Waals surface area contributed by atoms with Gasteiger partial charge in [-0.3, -0.25) is 4.79 Å². The van der Waals surface area contributed by atoms with Crippen LogP contribution in [0.2, 0.25) is 0 Å². The molecule has 0 aliphatic rings. The lowest BCUT2D eigenvalue weighted by Crippen LogP contribution is -2.40. The second-order valence-electron chi connectivity index (χ2n) is 6.93. The van der Waals surface area contributed by atoms with E-state index >= 15 is 0 Å². The first-order valence-electron chi connectivity index (χ1n) is 9.44. The maximum atomic E-state index is 14.6. The van der Waals surface area contributed by atoms with Crippen molar-refractivity contribution in [3.8, 4) is 0 Å². The van der Waals surface area contributed by atoms with Crippen LogP contribution in [0.5, 0.6) is 0 Å². The Kier molecular flexibility index (Phi) is 7.68. The van der Waals surface area contributed by atoms with Crippen LogP contribution in [0.3, 0.4) is 0 Å². The summed E-state index contributed by atoms with van der Waals surface area (Å²) < 4.78 is 14.6. The van der Waals surface area contributed by atoms with Crippen LogP contribution in [0.15, 0.2) is 36.4 Å². The van der Waals surface area contributed by atoms with Gasteiger partial charge in [0, 0.05) is 24.0 Å². The van der Waals surface area contributed by atoms with Crippen LogP contribution in [0.4, 0.5) is 21.5 Å². The maximum Gasteiger partial charge on any atom is 0.254 e. The molecular weight excluding hydrogens is 387 g/mol. The highest BCUT2D eigenvalue weighted by molar-refractivity contribution is 7.80. The monoisotopic (exact) mass is 412 g/mol. The average Bonchev–Trinajstić information content (AvgIpc) is 2.66. The van der Waals surface area contributed by atoms with Crippen molar-refractivity contribution in [2.45, 2.75) is 40.2 Å². The van der Waals surface area contributed by atoms with Crippen molar-refractivity contribution in [2.24, 2.45) is 0 Å². The van der Waals surface area contributed by atoms with Crippen molar-refractivity contribution in [3.63, 3.8) is 0 Å². The van der Waals surface area contributed by atoms with Crippen LogP contribution in [-0.4, -0.2) is 23.6 Å². The molecule has 0 atom stereocenters. The topological polar surface area (TPSA) is 48.7 Å². The van der Waals surface area contributed by atoms with E-state index in [0.29, 0.717) is 23.0 Å². The number of thiocarbonyl (C=S) groups is 1. The lowest BCUT2D eigenvalue weighted by molar-refractivity contribution is 0.0949. The molecule has 0 bridgehead atoms. The van der Waals surface area contributed by atoms with Gasteiger partial charge in [-0.25, -0.2) is 9.24 Å². The smallest absolute Gasteiger partial charge is 0.254 e. The van der Waals surface area contributed by atoms with Crippen LogP contribution in [0.1, 0.15) is 43.1 Å². The zero-order valence-corrected chi connectivity index (χ0v) is 17.9. The summed E-state index contributed by atoms with van der Waals surface area (Å²) >= 11 is 5.56. The Morgan fingerprint density at radius 3 is 2.55 bits per heavy atom. The van der Waals surface area contributed by atoms with Crippen molar-refractivity contribution in [2.75, 3.05) is 16.8 Å². The minimum absolute atomic E-state index is 0.00939. The second-order valence-corrected chi connectivity index (χ2v) is 7.31. The van der Waals surface area contributed by atoms with Crippen molar-refractivity contribution in [3.05, 3.63) is 64.8 Å². The van der Waals surface area contributed by atoms with E-state index in [0.717, 1.165) is 17.7 Å². The van der Waals surface area contributed by atoms with Crippen LogP contribution in [0.25, 0.3) is 4.85 Å². The predicted molar refractivity (Wildman–Crippen MR) is 120 cm³/mol. The van der Waals surface area contributed by atoms with Gasteiger partial charge >= 0.3 is 0 Å². The third-order valence-corrected chi connectivity index (χ3v) is 4.61. The molecule has 5 nitrogen and oxygen atoms in total. The Labute approximate surface area is 176 Å². The highest BCUT2D eigenvalue weighted by Crippen LogP contribution is 2.25. The number of hydrogen-bond donors (Lipinski definition) is 2. The Bertz CT molecular complexity index is 952. The zero-order chi connectivity index (χ0) is 21.6. The first kappa shape index (κ1) is 22.3. The molecule has 0 saturated carbocycles. The SMILES string of the molecule is [C-]#[N+]c1ccc(NC(=S)N(c2ccc(C(=O)NCCC)c(F)c2)C(C)C)cc1C. The number of carbonyl (C=O) groups excluding carboxylic acids is 1. The largest absolute Gasteiger partial charge is 0.352 e. The normalized spacial score (nSPS) is 10.4. The van der Waals surface area contributed by atoms with E-state index in [4.69, 9.17) is 18.8 Å². The van der Waals surface area contributed by atoms with Crippen LogP contribution >= 0.6 is 12.2 Å². The molecule has 0 saturated heterocycles. The number of hydrogen-bond acceptors (Lipinski definition) is 2. The Morgan fingerprint density at radius 2 is 2.00 bits per heavy atom. The summed E-state index contributed by atoms with van der Waals surface area (Å²) in [5, 5.41) is 6.23. The van der Waals surface area contributed by atoms with Crippen LogP contribution in [-0.2, 0) is 0 Å². The van der Waals surface area contributed by atoms with Gasteiger partial charge in [0.25, 0.3) is 5.91 Å². The second kappa shape index (κ2) is 9.99.